The van der Waals surface area contributed by atoms with Gasteiger partial charge in [0, 0.05) is 19.0 Å². The number of hydrogen-bond acceptors (Lipinski definition) is 0. The first-order valence-electron chi connectivity index (χ1n) is 5.03. The van der Waals surface area contributed by atoms with Crippen LogP contribution in [0.1, 0.15) is 16.0 Å². The molecule has 0 aliphatic rings. The first-order valence-corrected chi connectivity index (χ1v) is 8.29. The highest BCUT2D eigenvalue weighted by atomic mass is 79.9. The van der Waals surface area contributed by atoms with Crippen LogP contribution in [-0.2, 0) is 0 Å². The van der Waals surface area contributed by atoms with Gasteiger partial charge in [-0.15, -0.1) is 0 Å². The maximum Gasteiger partial charge on any atom is 0.0670 e. The van der Waals surface area contributed by atoms with Crippen LogP contribution in [0.25, 0.3) is 0 Å². The molecular formula is C13H7Br3Cl2. The van der Waals surface area contributed by atoms with Crippen molar-refractivity contribution >= 4 is 71.0 Å². The number of alkyl halides is 1. The van der Waals surface area contributed by atoms with Gasteiger partial charge in [0.15, 0.2) is 0 Å². The van der Waals surface area contributed by atoms with E-state index < -0.39 is 0 Å². The van der Waals surface area contributed by atoms with Gasteiger partial charge >= 0.3 is 0 Å². The summed E-state index contributed by atoms with van der Waals surface area (Å²) in [5.41, 5.74) is 2.10. The lowest BCUT2D eigenvalue weighted by atomic mass is 10.0. The molecule has 2 aromatic rings. The molecule has 0 nitrogen and oxygen atoms in total. The van der Waals surface area contributed by atoms with Crippen LogP contribution in [0.5, 0.6) is 0 Å². The molecule has 94 valence electrons. The monoisotopic (exact) mass is 470 g/mol. The van der Waals surface area contributed by atoms with Crippen molar-refractivity contribution in [3.63, 3.8) is 0 Å². The summed E-state index contributed by atoms with van der Waals surface area (Å²) in [7, 11) is 0. The third-order valence-electron chi connectivity index (χ3n) is 2.47. The van der Waals surface area contributed by atoms with Crippen LogP contribution in [0.3, 0.4) is 0 Å². The molecule has 0 fully saturated rings. The van der Waals surface area contributed by atoms with Crippen molar-refractivity contribution in [1.82, 2.24) is 0 Å². The van der Waals surface area contributed by atoms with Gasteiger partial charge < -0.3 is 0 Å². The zero-order valence-corrected chi connectivity index (χ0v) is 15.2. The molecule has 2 rings (SSSR count). The van der Waals surface area contributed by atoms with Crippen LogP contribution < -0.4 is 0 Å². The summed E-state index contributed by atoms with van der Waals surface area (Å²) in [6.45, 7) is 0. The molecule has 1 unspecified atom stereocenters. The number of benzene rings is 2. The van der Waals surface area contributed by atoms with E-state index >= 15 is 0 Å². The lowest BCUT2D eigenvalue weighted by Gasteiger charge is -2.14. The Bertz CT molecular complexity index is 533. The van der Waals surface area contributed by atoms with Gasteiger partial charge in [0.05, 0.1) is 4.83 Å². The van der Waals surface area contributed by atoms with Gasteiger partial charge in [0.1, 0.15) is 0 Å². The van der Waals surface area contributed by atoms with Gasteiger partial charge in [-0.25, -0.2) is 0 Å². The molecule has 5 heteroatoms. The van der Waals surface area contributed by atoms with Crippen molar-refractivity contribution in [3.8, 4) is 0 Å². The van der Waals surface area contributed by atoms with E-state index in [1.807, 2.05) is 30.3 Å². The van der Waals surface area contributed by atoms with Crippen LogP contribution >= 0.6 is 71.0 Å². The normalized spacial score (nSPS) is 12.5. The minimum absolute atomic E-state index is 0.0183. The fourth-order valence-electron chi connectivity index (χ4n) is 1.58. The summed E-state index contributed by atoms with van der Waals surface area (Å²) in [5.74, 6) is 0. The van der Waals surface area contributed by atoms with E-state index in [4.69, 9.17) is 23.2 Å². The Morgan fingerprint density at radius 1 is 0.889 bits per heavy atom. The molecule has 0 aromatic heterocycles. The van der Waals surface area contributed by atoms with E-state index in [0.29, 0.717) is 10.0 Å². The van der Waals surface area contributed by atoms with Crippen molar-refractivity contribution in [2.24, 2.45) is 0 Å². The molecule has 0 saturated heterocycles. The minimum atomic E-state index is 0.0183. The molecule has 0 saturated carbocycles. The fourth-order valence-corrected chi connectivity index (χ4v) is 4.61. The van der Waals surface area contributed by atoms with E-state index in [1.165, 1.54) is 0 Å². The Morgan fingerprint density at radius 3 is 2.17 bits per heavy atom. The van der Waals surface area contributed by atoms with Crippen LogP contribution in [0.2, 0.25) is 10.0 Å². The molecule has 18 heavy (non-hydrogen) atoms. The quantitative estimate of drug-likeness (QED) is 0.412. The molecule has 0 heterocycles. The average Bonchev–Trinajstić information content (AvgIpc) is 2.28. The summed E-state index contributed by atoms with van der Waals surface area (Å²) in [4.78, 5) is 0.0183. The Balaban J connectivity index is 2.44. The summed E-state index contributed by atoms with van der Waals surface area (Å²) < 4.78 is 2.05. The third-order valence-corrected chi connectivity index (χ3v) is 5.20. The summed E-state index contributed by atoms with van der Waals surface area (Å²) in [5, 5.41) is 1.29. The van der Waals surface area contributed by atoms with Crippen molar-refractivity contribution in [2.45, 2.75) is 4.83 Å². The molecule has 1 atom stereocenters. The van der Waals surface area contributed by atoms with Gasteiger partial charge in [0.2, 0.25) is 0 Å². The highest BCUT2D eigenvalue weighted by Crippen LogP contribution is 2.40. The summed E-state index contributed by atoms with van der Waals surface area (Å²) in [6.07, 6.45) is 0. The third kappa shape index (κ3) is 3.31. The van der Waals surface area contributed by atoms with E-state index in [-0.39, 0.29) is 4.83 Å². The molecule has 0 radical (unpaired) electrons. The number of halogens is 5. The molecule has 0 aliphatic carbocycles. The van der Waals surface area contributed by atoms with Crippen LogP contribution in [-0.4, -0.2) is 0 Å². The van der Waals surface area contributed by atoms with Gasteiger partial charge in [-0.3, -0.25) is 0 Å². The second-order valence-corrected chi connectivity index (χ2v) is 7.22. The number of rotatable bonds is 2. The summed E-state index contributed by atoms with van der Waals surface area (Å²) >= 11 is 22.8. The minimum Gasteiger partial charge on any atom is -0.0843 e. The first-order chi connectivity index (χ1) is 8.49. The van der Waals surface area contributed by atoms with E-state index in [1.54, 1.807) is 6.07 Å². The van der Waals surface area contributed by atoms with Crippen LogP contribution in [0.4, 0.5) is 0 Å². The van der Waals surface area contributed by atoms with Gasteiger partial charge in [-0.2, -0.15) is 0 Å². The Kier molecular flexibility index (Phi) is 5.18. The Hall–Kier alpha value is 0.460. The fraction of sp³-hybridized carbons (Fsp3) is 0.0769. The van der Waals surface area contributed by atoms with Gasteiger partial charge in [-0.05, 0) is 35.4 Å². The average molecular weight is 474 g/mol. The Labute approximate surface area is 141 Å². The largest absolute Gasteiger partial charge is 0.0843 e. The predicted molar refractivity (Wildman–Crippen MR) is 89.1 cm³/mol. The lowest BCUT2D eigenvalue weighted by molar-refractivity contribution is 1.16. The first kappa shape index (κ1) is 14.9. The van der Waals surface area contributed by atoms with E-state index in [0.717, 1.165) is 20.1 Å². The SMILES string of the molecule is Clc1ccc(C(Br)c2ccc(Br)cc2Br)c(Cl)c1. The van der Waals surface area contributed by atoms with Crippen molar-refractivity contribution in [1.29, 1.82) is 0 Å². The van der Waals surface area contributed by atoms with Crippen LogP contribution in [0, 0.1) is 0 Å². The zero-order chi connectivity index (χ0) is 13.3. The zero-order valence-electron chi connectivity index (χ0n) is 8.93. The molecular weight excluding hydrogens is 467 g/mol. The lowest BCUT2D eigenvalue weighted by Crippen LogP contribution is -1.95. The molecule has 0 aliphatic heterocycles. The molecule has 2 aromatic carbocycles. The van der Waals surface area contributed by atoms with Crippen LogP contribution in [0.15, 0.2) is 45.3 Å². The highest BCUT2D eigenvalue weighted by Gasteiger charge is 2.16. The highest BCUT2D eigenvalue weighted by molar-refractivity contribution is 9.11. The maximum atomic E-state index is 6.22. The van der Waals surface area contributed by atoms with Gasteiger partial charge in [0.25, 0.3) is 0 Å². The second kappa shape index (κ2) is 6.27. The van der Waals surface area contributed by atoms with Crippen molar-refractivity contribution < 1.29 is 0 Å². The number of hydrogen-bond donors (Lipinski definition) is 0. The van der Waals surface area contributed by atoms with E-state index in [9.17, 15) is 0 Å². The molecule has 0 bridgehead atoms. The predicted octanol–water partition coefficient (Wildman–Crippen LogP) is 7.00. The standard InChI is InChI=1S/C13H7Br3Cl2/c14-7-1-3-9(11(15)5-7)13(16)10-4-2-8(17)6-12(10)18/h1-6,13H. The topological polar surface area (TPSA) is 0 Å². The smallest absolute Gasteiger partial charge is 0.0670 e. The van der Waals surface area contributed by atoms with Crippen molar-refractivity contribution in [3.05, 3.63) is 66.5 Å². The molecule has 0 spiro atoms. The maximum absolute atomic E-state index is 6.22. The molecule has 0 N–H and O–H groups in total. The Morgan fingerprint density at radius 2 is 1.56 bits per heavy atom. The molecule has 0 amide bonds. The summed E-state index contributed by atoms with van der Waals surface area (Å²) in [6, 6.07) is 11.6. The van der Waals surface area contributed by atoms with Crippen molar-refractivity contribution in [2.75, 3.05) is 0 Å². The van der Waals surface area contributed by atoms with Gasteiger partial charge in [-0.1, -0.05) is 83.1 Å². The second-order valence-electron chi connectivity index (χ2n) is 3.69. The van der Waals surface area contributed by atoms with E-state index in [2.05, 4.69) is 47.8 Å².